The van der Waals surface area contributed by atoms with Gasteiger partial charge in [-0.05, 0) is 12.1 Å². The van der Waals surface area contributed by atoms with Gasteiger partial charge in [-0.1, -0.05) is 47.6 Å². The number of rotatable bonds is 3. The molecular formula is C15H13AgNO3+. The molecule has 20 heavy (non-hydrogen) atoms. The van der Waals surface area contributed by atoms with Crippen LogP contribution in [0.2, 0.25) is 0 Å². The number of carbonyl (C=O) groups is 1. The number of phenolic OH excluding ortho intramolecular Hbond substituents is 1. The number of para-hydroxylation sites is 1. The van der Waals surface area contributed by atoms with E-state index in [4.69, 9.17) is 4.84 Å². The molecular weight excluding hydrogens is 350 g/mol. The van der Waals surface area contributed by atoms with E-state index in [2.05, 4.69) is 5.16 Å². The average molecular weight is 363 g/mol. The predicted octanol–water partition coefficient (Wildman–Crippen LogP) is 2.71. The molecule has 0 atom stereocenters. The number of nitrogens with zero attached hydrogens (tertiary/aromatic N) is 1. The van der Waals surface area contributed by atoms with Gasteiger partial charge in [0.1, 0.15) is 11.5 Å². The molecule has 0 heterocycles. The molecule has 0 spiro atoms. The summed E-state index contributed by atoms with van der Waals surface area (Å²) in [6.45, 7) is 1.27. The summed E-state index contributed by atoms with van der Waals surface area (Å²) < 4.78 is 0. The van der Waals surface area contributed by atoms with Crippen LogP contribution in [0.15, 0.2) is 59.8 Å². The van der Waals surface area contributed by atoms with E-state index in [1.807, 2.05) is 30.3 Å². The van der Waals surface area contributed by atoms with Crippen molar-refractivity contribution in [1.29, 1.82) is 0 Å². The second kappa shape index (κ2) is 7.65. The smallest absolute Gasteiger partial charge is 0.507 e. The van der Waals surface area contributed by atoms with Gasteiger partial charge in [-0.25, -0.2) is 4.79 Å². The maximum absolute atomic E-state index is 10.9. The number of hydrogen-bond acceptors (Lipinski definition) is 4. The van der Waals surface area contributed by atoms with Gasteiger partial charge < -0.3 is 9.94 Å². The number of oxime groups is 1. The molecule has 0 aliphatic carbocycles. The molecule has 0 saturated carbocycles. The fourth-order valence-corrected chi connectivity index (χ4v) is 1.64. The van der Waals surface area contributed by atoms with Gasteiger partial charge in [0, 0.05) is 18.1 Å². The van der Waals surface area contributed by atoms with Crippen LogP contribution in [0, 0.1) is 0 Å². The monoisotopic (exact) mass is 362 g/mol. The third-order valence-corrected chi connectivity index (χ3v) is 2.47. The topological polar surface area (TPSA) is 58.9 Å². The summed E-state index contributed by atoms with van der Waals surface area (Å²) in [5.41, 5.74) is 1.68. The van der Waals surface area contributed by atoms with Gasteiger partial charge in [-0.3, -0.25) is 0 Å². The molecule has 0 aliphatic heterocycles. The first kappa shape index (κ1) is 16.2. The molecule has 0 bridgehead atoms. The van der Waals surface area contributed by atoms with E-state index in [0.717, 1.165) is 5.56 Å². The fourth-order valence-electron chi connectivity index (χ4n) is 1.64. The summed E-state index contributed by atoms with van der Waals surface area (Å²) in [4.78, 5) is 15.6. The van der Waals surface area contributed by atoms with E-state index >= 15 is 0 Å². The van der Waals surface area contributed by atoms with Crippen LogP contribution in [0.1, 0.15) is 18.1 Å². The van der Waals surface area contributed by atoms with Crippen molar-refractivity contribution >= 4 is 11.7 Å². The van der Waals surface area contributed by atoms with Gasteiger partial charge in [0.05, 0.1) is 0 Å². The third-order valence-electron chi connectivity index (χ3n) is 2.47. The number of aromatic hydroxyl groups is 1. The number of benzene rings is 2. The molecule has 0 fully saturated rings. The standard InChI is InChI=1S/C15H13NO3.Ag/c1-11(17)19-16-15(12-7-3-2-4-8-12)13-9-5-6-10-14(13)18;/h2-10,18H,1H3;/q;+1/b16-15+;. The summed E-state index contributed by atoms with van der Waals surface area (Å²) in [7, 11) is 0. The zero-order valence-electron chi connectivity index (χ0n) is 10.7. The van der Waals surface area contributed by atoms with Crippen molar-refractivity contribution in [3.05, 3.63) is 65.7 Å². The number of hydrogen-bond donors (Lipinski definition) is 1. The fraction of sp³-hybridized carbons (Fsp3) is 0.0667. The van der Waals surface area contributed by atoms with Crippen LogP contribution in [0.3, 0.4) is 0 Å². The molecule has 2 aromatic carbocycles. The summed E-state index contributed by atoms with van der Waals surface area (Å²) in [5.74, 6) is -0.430. The summed E-state index contributed by atoms with van der Waals surface area (Å²) in [6.07, 6.45) is 0. The molecule has 0 radical (unpaired) electrons. The Balaban J connectivity index is 0.00000200. The summed E-state index contributed by atoms with van der Waals surface area (Å²) >= 11 is 0. The summed E-state index contributed by atoms with van der Waals surface area (Å²) in [6, 6.07) is 16.0. The Morgan fingerprint density at radius 1 is 1.05 bits per heavy atom. The normalized spacial score (nSPS) is 10.6. The van der Waals surface area contributed by atoms with Crippen LogP contribution in [-0.2, 0) is 32.0 Å². The Kier molecular flexibility index (Phi) is 6.18. The van der Waals surface area contributed by atoms with Gasteiger partial charge in [-0.2, -0.15) is 0 Å². The van der Waals surface area contributed by atoms with Gasteiger partial charge in [0.15, 0.2) is 0 Å². The van der Waals surface area contributed by atoms with Crippen molar-refractivity contribution in [3.63, 3.8) is 0 Å². The molecule has 4 nitrogen and oxygen atoms in total. The third kappa shape index (κ3) is 4.06. The zero-order valence-corrected chi connectivity index (χ0v) is 12.2. The molecule has 5 heteroatoms. The summed E-state index contributed by atoms with van der Waals surface area (Å²) in [5, 5.41) is 13.7. The number of phenols is 1. The second-order valence-electron chi connectivity index (χ2n) is 3.91. The maximum Gasteiger partial charge on any atom is 1.00 e. The Labute approximate surface area is 132 Å². The molecule has 1 N–H and O–H groups in total. The Hall–Kier alpha value is -1.88. The van der Waals surface area contributed by atoms with Gasteiger partial charge in [0.2, 0.25) is 0 Å². The van der Waals surface area contributed by atoms with E-state index < -0.39 is 5.97 Å². The minimum Gasteiger partial charge on any atom is -0.507 e. The minimum atomic E-state index is -0.510. The minimum absolute atomic E-state index is 0. The largest absolute Gasteiger partial charge is 1.00 e. The van der Waals surface area contributed by atoms with Gasteiger partial charge >= 0.3 is 28.3 Å². The van der Waals surface area contributed by atoms with Gasteiger partial charge in [0.25, 0.3) is 0 Å². The zero-order chi connectivity index (χ0) is 13.7. The van der Waals surface area contributed by atoms with E-state index in [1.165, 1.54) is 6.92 Å². The van der Waals surface area contributed by atoms with E-state index in [9.17, 15) is 9.90 Å². The van der Waals surface area contributed by atoms with Crippen LogP contribution in [0.25, 0.3) is 0 Å². The first-order valence-corrected chi connectivity index (χ1v) is 5.78. The molecule has 0 aliphatic rings. The maximum atomic E-state index is 10.9. The van der Waals surface area contributed by atoms with Crippen molar-refractivity contribution in [2.75, 3.05) is 0 Å². The average Bonchev–Trinajstić information content (AvgIpc) is 2.42. The molecule has 0 unspecified atom stereocenters. The molecule has 0 amide bonds. The van der Waals surface area contributed by atoms with Crippen LogP contribution in [0.5, 0.6) is 5.75 Å². The first-order valence-electron chi connectivity index (χ1n) is 5.78. The predicted molar refractivity (Wildman–Crippen MR) is 72.0 cm³/mol. The molecule has 0 aromatic heterocycles. The van der Waals surface area contributed by atoms with Crippen molar-refractivity contribution in [2.45, 2.75) is 6.92 Å². The van der Waals surface area contributed by atoms with Crippen LogP contribution in [0.4, 0.5) is 0 Å². The SMILES string of the molecule is CC(=O)O/N=C(\c1ccccc1)c1ccccc1O.[Ag+]. The van der Waals surface area contributed by atoms with E-state index in [-0.39, 0.29) is 28.1 Å². The number of carbonyl (C=O) groups excluding carboxylic acids is 1. The Morgan fingerprint density at radius 2 is 1.65 bits per heavy atom. The Morgan fingerprint density at radius 3 is 2.25 bits per heavy atom. The first-order chi connectivity index (χ1) is 9.18. The van der Waals surface area contributed by atoms with Crippen molar-refractivity contribution < 1.29 is 37.1 Å². The van der Waals surface area contributed by atoms with E-state index in [1.54, 1.807) is 24.3 Å². The van der Waals surface area contributed by atoms with Crippen LogP contribution < -0.4 is 0 Å². The molecule has 0 saturated heterocycles. The molecule has 2 rings (SSSR count). The van der Waals surface area contributed by atoms with Crippen LogP contribution in [-0.4, -0.2) is 16.8 Å². The molecule has 2 aromatic rings. The second-order valence-corrected chi connectivity index (χ2v) is 3.91. The van der Waals surface area contributed by atoms with Crippen molar-refractivity contribution in [2.24, 2.45) is 5.16 Å². The van der Waals surface area contributed by atoms with Crippen LogP contribution >= 0.6 is 0 Å². The van der Waals surface area contributed by atoms with E-state index in [0.29, 0.717) is 11.3 Å². The van der Waals surface area contributed by atoms with Crippen molar-refractivity contribution in [1.82, 2.24) is 0 Å². The van der Waals surface area contributed by atoms with Crippen molar-refractivity contribution in [3.8, 4) is 5.75 Å². The van der Waals surface area contributed by atoms with Gasteiger partial charge in [-0.15, -0.1) is 0 Å². The molecule has 106 valence electrons. The Bertz CT molecular complexity index is 612. The quantitative estimate of drug-likeness (QED) is 0.395.